The number of allylic oxidation sites excluding steroid dienone is 5. The summed E-state index contributed by atoms with van der Waals surface area (Å²) in [5.74, 6) is -1.75. The van der Waals surface area contributed by atoms with Gasteiger partial charge in [-0.3, -0.25) is 0 Å². The number of rotatable bonds is 10. The van der Waals surface area contributed by atoms with Gasteiger partial charge in [0.2, 0.25) is 0 Å². The third-order valence-corrected chi connectivity index (χ3v) is 3.43. The Morgan fingerprint density at radius 2 is 1.42 bits per heavy atom. The molecule has 0 aromatic rings. The van der Waals surface area contributed by atoms with E-state index in [4.69, 9.17) is 9.84 Å². The molecule has 0 amide bonds. The number of aliphatic carboxylic acids is 1. The van der Waals surface area contributed by atoms with Crippen molar-refractivity contribution < 1.29 is 19.4 Å². The summed E-state index contributed by atoms with van der Waals surface area (Å²) in [7, 11) is 0. The molecule has 0 aliphatic rings. The highest BCUT2D eigenvalue weighted by Crippen LogP contribution is 2.11. The van der Waals surface area contributed by atoms with Gasteiger partial charge in [0.05, 0.1) is 0 Å². The zero-order chi connectivity index (χ0) is 18.5. The van der Waals surface area contributed by atoms with E-state index in [0.717, 1.165) is 37.3 Å². The van der Waals surface area contributed by atoms with Crippen molar-refractivity contribution in [1.29, 1.82) is 0 Å². The summed E-state index contributed by atoms with van der Waals surface area (Å²) in [6.07, 6.45) is 11.3. The molecule has 0 atom stereocenters. The number of hydrogen-bond donors (Lipinski definition) is 1. The van der Waals surface area contributed by atoms with E-state index in [1.165, 1.54) is 18.1 Å². The number of esters is 1. The van der Waals surface area contributed by atoms with Crippen LogP contribution in [0.15, 0.2) is 46.6 Å². The van der Waals surface area contributed by atoms with E-state index in [-0.39, 0.29) is 12.2 Å². The van der Waals surface area contributed by atoms with Crippen LogP contribution in [0.25, 0.3) is 0 Å². The number of carbonyl (C=O) groups excluding carboxylic acids is 1. The minimum absolute atomic E-state index is 0.0866. The second-order valence-corrected chi connectivity index (χ2v) is 6.22. The average Bonchev–Trinajstić information content (AvgIpc) is 2.45. The molecule has 0 aromatic heterocycles. The van der Waals surface area contributed by atoms with Gasteiger partial charge in [-0.1, -0.05) is 28.9 Å². The van der Waals surface area contributed by atoms with Crippen LogP contribution in [-0.2, 0) is 14.3 Å². The minimum atomic E-state index is -1.15. The topological polar surface area (TPSA) is 63.6 Å². The molecule has 0 saturated heterocycles. The van der Waals surface area contributed by atoms with Crippen LogP contribution in [0, 0.1) is 0 Å². The first-order valence-corrected chi connectivity index (χ1v) is 8.25. The van der Waals surface area contributed by atoms with E-state index >= 15 is 0 Å². The molecule has 0 radical (unpaired) electrons. The molecule has 4 heteroatoms. The van der Waals surface area contributed by atoms with Gasteiger partial charge in [-0.05, 0) is 66.4 Å². The van der Waals surface area contributed by atoms with Crippen molar-refractivity contribution in [3.8, 4) is 0 Å². The normalized spacial score (nSPS) is 12.8. The largest absolute Gasteiger partial charge is 0.478 e. The van der Waals surface area contributed by atoms with Crippen LogP contribution in [0.4, 0.5) is 0 Å². The van der Waals surface area contributed by atoms with E-state index in [9.17, 15) is 9.59 Å². The Bertz CT molecular complexity index is 544. The highest BCUT2D eigenvalue weighted by molar-refractivity contribution is 5.95. The van der Waals surface area contributed by atoms with Gasteiger partial charge < -0.3 is 9.84 Å². The maximum Gasteiger partial charge on any atom is 0.334 e. The first-order chi connectivity index (χ1) is 11.2. The maximum absolute atomic E-state index is 11.5. The van der Waals surface area contributed by atoms with Gasteiger partial charge in [0, 0.05) is 11.6 Å². The molecule has 1 N–H and O–H groups in total. The zero-order valence-corrected chi connectivity index (χ0v) is 15.5. The molecule has 0 aliphatic heterocycles. The molecule has 0 fully saturated rings. The number of ether oxygens (including phenoxy) is 1. The van der Waals surface area contributed by atoms with E-state index in [0.29, 0.717) is 0 Å². The van der Waals surface area contributed by atoms with Crippen molar-refractivity contribution in [2.75, 3.05) is 6.61 Å². The van der Waals surface area contributed by atoms with Crippen LogP contribution in [0.5, 0.6) is 0 Å². The fourth-order valence-corrected chi connectivity index (χ4v) is 1.96. The van der Waals surface area contributed by atoms with Gasteiger partial charge in [0.1, 0.15) is 6.61 Å². The first kappa shape index (κ1) is 21.9. The van der Waals surface area contributed by atoms with Crippen molar-refractivity contribution in [3.63, 3.8) is 0 Å². The third kappa shape index (κ3) is 12.4. The molecule has 0 spiro atoms. The molecule has 0 bridgehead atoms. The molecule has 0 aliphatic carbocycles. The number of carboxylic acids is 1. The molecular formula is C20H30O4. The standard InChI is InChI=1S/C20H30O4/c1-15(2)8-6-9-16(3)10-7-11-17(4)12-13-24-20(23)18(5)14-19(21)22/h8,10,12,14H,6-7,9,11,13H2,1-5H3,(H,21,22). The summed E-state index contributed by atoms with van der Waals surface area (Å²) in [6, 6.07) is 0. The summed E-state index contributed by atoms with van der Waals surface area (Å²) < 4.78 is 5.01. The Morgan fingerprint density at radius 1 is 0.875 bits per heavy atom. The summed E-state index contributed by atoms with van der Waals surface area (Å²) in [5, 5.41) is 8.56. The highest BCUT2D eigenvalue weighted by atomic mass is 16.5. The average molecular weight is 334 g/mol. The van der Waals surface area contributed by atoms with Crippen LogP contribution >= 0.6 is 0 Å². The second-order valence-electron chi connectivity index (χ2n) is 6.22. The number of carbonyl (C=O) groups is 2. The van der Waals surface area contributed by atoms with Crippen LogP contribution < -0.4 is 0 Å². The SMILES string of the molecule is CC(C)=CCCC(C)=CCCC(C)=CCOC(=O)C(C)=CC(=O)O. The monoisotopic (exact) mass is 334 g/mol. The first-order valence-electron chi connectivity index (χ1n) is 8.25. The van der Waals surface area contributed by atoms with Gasteiger partial charge in [-0.2, -0.15) is 0 Å². The Kier molecular flexibility index (Phi) is 11.3. The van der Waals surface area contributed by atoms with Gasteiger partial charge in [0.25, 0.3) is 0 Å². The lowest BCUT2D eigenvalue weighted by Crippen LogP contribution is -2.07. The summed E-state index contributed by atoms with van der Waals surface area (Å²) >= 11 is 0. The van der Waals surface area contributed by atoms with Crippen LogP contribution in [0.2, 0.25) is 0 Å². The summed E-state index contributed by atoms with van der Waals surface area (Å²) in [6.45, 7) is 9.96. The van der Waals surface area contributed by atoms with Crippen LogP contribution in [-0.4, -0.2) is 23.7 Å². The molecule has 0 heterocycles. The highest BCUT2D eigenvalue weighted by Gasteiger charge is 2.06. The van der Waals surface area contributed by atoms with Crippen LogP contribution in [0.3, 0.4) is 0 Å². The predicted octanol–water partition coefficient (Wildman–Crippen LogP) is 4.98. The quantitative estimate of drug-likeness (QED) is 0.348. The van der Waals surface area contributed by atoms with Gasteiger partial charge in [-0.15, -0.1) is 0 Å². The summed E-state index contributed by atoms with van der Waals surface area (Å²) in [5.41, 5.74) is 3.98. The fourth-order valence-electron chi connectivity index (χ4n) is 1.96. The molecule has 134 valence electrons. The number of hydrogen-bond acceptors (Lipinski definition) is 3. The Morgan fingerprint density at radius 3 is 1.96 bits per heavy atom. The van der Waals surface area contributed by atoms with E-state index in [1.807, 2.05) is 13.0 Å². The van der Waals surface area contributed by atoms with Crippen molar-refractivity contribution in [1.82, 2.24) is 0 Å². The Hall–Kier alpha value is -2.10. The Labute approximate surface area is 145 Å². The van der Waals surface area contributed by atoms with Gasteiger partial charge >= 0.3 is 11.9 Å². The fraction of sp³-hybridized carbons (Fsp3) is 0.500. The lowest BCUT2D eigenvalue weighted by atomic mass is 10.1. The van der Waals surface area contributed by atoms with Gasteiger partial charge in [0.15, 0.2) is 0 Å². The smallest absolute Gasteiger partial charge is 0.334 e. The van der Waals surface area contributed by atoms with E-state index in [1.54, 1.807) is 0 Å². The lowest BCUT2D eigenvalue weighted by molar-refractivity contribution is -0.138. The minimum Gasteiger partial charge on any atom is -0.478 e. The molecule has 4 nitrogen and oxygen atoms in total. The van der Waals surface area contributed by atoms with Crippen molar-refractivity contribution in [3.05, 3.63) is 46.6 Å². The van der Waals surface area contributed by atoms with Gasteiger partial charge in [-0.25, -0.2) is 9.59 Å². The number of carboxylic acid groups (broad SMARTS) is 1. The molecule has 0 saturated carbocycles. The molecule has 24 heavy (non-hydrogen) atoms. The maximum atomic E-state index is 11.5. The molecule has 0 rings (SSSR count). The summed E-state index contributed by atoms with van der Waals surface area (Å²) in [4.78, 5) is 22.0. The predicted molar refractivity (Wildman–Crippen MR) is 97.8 cm³/mol. The van der Waals surface area contributed by atoms with Crippen LogP contribution in [0.1, 0.15) is 60.3 Å². The Balaban J connectivity index is 4.13. The molecular weight excluding hydrogens is 304 g/mol. The molecule has 0 unspecified atom stereocenters. The van der Waals surface area contributed by atoms with E-state index < -0.39 is 11.9 Å². The zero-order valence-electron chi connectivity index (χ0n) is 15.5. The van der Waals surface area contributed by atoms with E-state index in [2.05, 4.69) is 32.9 Å². The second kappa shape index (κ2) is 12.3. The van der Waals surface area contributed by atoms with Crippen molar-refractivity contribution >= 4 is 11.9 Å². The van der Waals surface area contributed by atoms with Crippen molar-refractivity contribution in [2.24, 2.45) is 0 Å². The lowest BCUT2D eigenvalue weighted by Gasteiger charge is -2.04. The molecule has 0 aromatic carbocycles. The third-order valence-electron chi connectivity index (χ3n) is 3.43. The van der Waals surface area contributed by atoms with Crippen molar-refractivity contribution in [2.45, 2.75) is 60.3 Å².